The highest BCUT2D eigenvalue weighted by Crippen LogP contribution is 2.15. The SMILES string of the molecule is CCCCCCCCCCCCCCCCCCc1cccc[n+]1CCCCCCCCCCCCCCCCCC.[Cl-]. The normalized spacial score (nSPS) is 11.2. The number of aryl methyl sites for hydroxylation is 2. The second kappa shape index (κ2) is 35.9. The topological polar surface area (TPSA) is 3.88 Å². The molecule has 0 atom stereocenters. The molecule has 2 heteroatoms. The van der Waals surface area contributed by atoms with Crippen LogP contribution in [-0.2, 0) is 13.0 Å². The number of nitrogens with zero attached hydrogens (tertiary/aromatic N) is 1. The van der Waals surface area contributed by atoms with Crippen molar-refractivity contribution < 1.29 is 17.0 Å². The van der Waals surface area contributed by atoms with Crippen molar-refractivity contribution in [1.82, 2.24) is 0 Å². The Balaban J connectivity index is 0.0000176. The quantitative estimate of drug-likeness (QED) is 0.0533. The molecule has 0 N–H and O–H groups in total. The summed E-state index contributed by atoms with van der Waals surface area (Å²) in [5, 5.41) is 0. The molecule has 1 aromatic heterocycles. The van der Waals surface area contributed by atoms with Crippen LogP contribution in [0.4, 0.5) is 0 Å². The molecule has 0 aliphatic rings. The van der Waals surface area contributed by atoms with Crippen molar-refractivity contribution in [1.29, 1.82) is 0 Å². The van der Waals surface area contributed by atoms with Gasteiger partial charge in [-0.05, 0) is 12.8 Å². The van der Waals surface area contributed by atoms with E-state index in [4.69, 9.17) is 0 Å². The van der Waals surface area contributed by atoms with Crippen molar-refractivity contribution in [3.63, 3.8) is 0 Å². The highest BCUT2D eigenvalue weighted by atomic mass is 35.5. The average Bonchev–Trinajstić information content (AvgIpc) is 3.01. The minimum absolute atomic E-state index is 0. The lowest BCUT2D eigenvalue weighted by Gasteiger charge is -2.06. The molecule has 254 valence electrons. The van der Waals surface area contributed by atoms with Crippen LogP contribution in [0.3, 0.4) is 0 Å². The monoisotopic (exact) mass is 620 g/mol. The van der Waals surface area contributed by atoms with Crippen LogP contribution in [0.1, 0.15) is 225 Å². The van der Waals surface area contributed by atoms with E-state index >= 15 is 0 Å². The molecule has 1 heterocycles. The predicted molar refractivity (Wildman–Crippen MR) is 189 cm³/mol. The maximum absolute atomic E-state index is 2.55. The third-order valence-electron chi connectivity index (χ3n) is 9.57. The molecular weight excluding hydrogens is 542 g/mol. The van der Waals surface area contributed by atoms with E-state index in [9.17, 15) is 0 Å². The van der Waals surface area contributed by atoms with Crippen LogP contribution >= 0.6 is 0 Å². The molecule has 0 fully saturated rings. The Hall–Kier alpha value is -0.560. The van der Waals surface area contributed by atoms with Crippen molar-refractivity contribution >= 4 is 0 Å². The van der Waals surface area contributed by atoms with Gasteiger partial charge in [-0.25, -0.2) is 4.57 Å². The molecule has 0 aliphatic heterocycles. The maximum atomic E-state index is 2.55. The lowest BCUT2D eigenvalue weighted by atomic mass is 10.0. The Bertz CT molecular complexity index is 589. The summed E-state index contributed by atoms with van der Waals surface area (Å²) in [5.74, 6) is 0. The van der Waals surface area contributed by atoms with Gasteiger partial charge in [0.15, 0.2) is 11.9 Å². The van der Waals surface area contributed by atoms with E-state index in [2.05, 4.69) is 42.8 Å². The molecule has 1 nitrogen and oxygen atoms in total. The van der Waals surface area contributed by atoms with E-state index in [0.717, 1.165) is 0 Å². The van der Waals surface area contributed by atoms with E-state index in [-0.39, 0.29) is 12.4 Å². The largest absolute Gasteiger partial charge is 1.00 e. The fraction of sp³-hybridized carbons (Fsp3) is 0.878. The fourth-order valence-corrected chi connectivity index (χ4v) is 6.64. The Morgan fingerprint density at radius 1 is 0.372 bits per heavy atom. The van der Waals surface area contributed by atoms with Crippen LogP contribution in [0, 0.1) is 0 Å². The molecule has 1 aromatic rings. The molecule has 0 amide bonds. The van der Waals surface area contributed by atoms with Crippen LogP contribution in [0.25, 0.3) is 0 Å². The third-order valence-corrected chi connectivity index (χ3v) is 9.57. The minimum atomic E-state index is 0. The third kappa shape index (κ3) is 29.9. The van der Waals surface area contributed by atoms with E-state index in [1.54, 1.807) is 5.69 Å². The molecule has 0 saturated carbocycles. The number of halogens is 1. The Morgan fingerprint density at radius 3 is 1.02 bits per heavy atom. The van der Waals surface area contributed by atoms with Crippen LogP contribution in [-0.4, -0.2) is 0 Å². The van der Waals surface area contributed by atoms with E-state index in [0.29, 0.717) is 0 Å². The number of hydrogen-bond donors (Lipinski definition) is 0. The standard InChI is InChI=1S/C41H78N.ClH/c1-3-5-7-9-11-13-15-17-19-21-23-25-27-29-31-33-37-41-38-34-36-40-42(41)39-35-32-30-28-26-24-22-20-18-16-14-12-10-8-6-4-2;/h34,36,38,40H,3-33,35,37,39H2,1-2H3;1H/q+1;/p-1. The predicted octanol–water partition coefficient (Wildman–Crippen LogP) is 11.0. The zero-order valence-corrected chi connectivity index (χ0v) is 30.4. The summed E-state index contributed by atoms with van der Waals surface area (Å²) in [6.07, 6.45) is 49.9. The van der Waals surface area contributed by atoms with Gasteiger partial charge in [0, 0.05) is 25.0 Å². The summed E-state index contributed by atoms with van der Waals surface area (Å²) in [6.45, 7) is 5.83. The molecule has 0 saturated heterocycles. The Morgan fingerprint density at radius 2 is 0.674 bits per heavy atom. The van der Waals surface area contributed by atoms with Gasteiger partial charge in [0.2, 0.25) is 0 Å². The molecule has 0 bridgehead atoms. The summed E-state index contributed by atoms with van der Waals surface area (Å²) < 4.78 is 2.55. The Labute approximate surface area is 278 Å². The summed E-state index contributed by atoms with van der Waals surface area (Å²) >= 11 is 0. The highest BCUT2D eigenvalue weighted by Gasteiger charge is 2.09. The highest BCUT2D eigenvalue weighted by molar-refractivity contribution is 4.97. The number of hydrogen-bond acceptors (Lipinski definition) is 0. The van der Waals surface area contributed by atoms with Crippen molar-refractivity contribution in [3.05, 3.63) is 30.1 Å². The first kappa shape index (κ1) is 42.4. The van der Waals surface area contributed by atoms with Crippen LogP contribution in [0.5, 0.6) is 0 Å². The molecule has 43 heavy (non-hydrogen) atoms. The second-order valence-electron chi connectivity index (χ2n) is 13.7. The summed E-state index contributed by atoms with van der Waals surface area (Å²) in [6, 6.07) is 6.84. The summed E-state index contributed by atoms with van der Waals surface area (Å²) in [7, 11) is 0. The van der Waals surface area contributed by atoms with Gasteiger partial charge in [-0.15, -0.1) is 0 Å². The van der Waals surface area contributed by atoms with Gasteiger partial charge >= 0.3 is 0 Å². The summed E-state index contributed by atoms with van der Waals surface area (Å²) in [4.78, 5) is 0. The molecule has 0 unspecified atom stereocenters. The fourth-order valence-electron chi connectivity index (χ4n) is 6.64. The van der Waals surface area contributed by atoms with Gasteiger partial charge in [-0.1, -0.05) is 206 Å². The van der Waals surface area contributed by atoms with E-state index < -0.39 is 0 Å². The molecule has 0 aliphatic carbocycles. The number of aromatic nitrogens is 1. The van der Waals surface area contributed by atoms with Crippen molar-refractivity contribution in [2.45, 2.75) is 232 Å². The van der Waals surface area contributed by atoms with Gasteiger partial charge in [0.05, 0.1) is 0 Å². The molecule has 1 rings (SSSR count). The van der Waals surface area contributed by atoms with Crippen LogP contribution in [0.15, 0.2) is 24.4 Å². The molecule has 0 radical (unpaired) electrons. The van der Waals surface area contributed by atoms with Crippen molar-refractivity contribution in [2.75, 3.05) is 0 Å². The lowest BCUT2D eigenvalue weighted by molar-refractivity contribution is -0.704. The van der Waals surface area contributed by atoms with Crippen molar-refractivity contribution in [3.8, 4) is 0 Å². The van der Waals surface area contributed by atoms with Gasteiger partial charge < -0.3 is 12.4 Å². The van der Waals surface area contributed by atoms with Gasteiger partial charge in [0.25, 0.3) is 0 Å². The van der Waals surface area contributed by atoms with Crippen LogP contribution < -0.4 is 17.0 Å². The van der Waals surface area contributed by atoms with Gasteiger partial charge in [0.1, 0.15) is 6.54 Å². The molecular formula is C41H78ClN. The van der Waals surface area contributed by atoms with Gasteiger partial charge in [-0.3, -0.25) is 0 Å². The smallest absolute Gasteiger partial charge is 0.181 e. The Kier molecular flexibility index (Phi) is 35.4. The van der Waals surface area contributed by atoms with E-state index in [1.165, 1.54) is 218 Å². The van der Waals surface area contributed by atoms with Crippen LogP contribution in [0.2, 0.25) is 0 Å². The molecule has 0 aromatic carbocycles. The zero-order chi connectivity index (χ0) is 30.0. The maximum Gasteiger partial charge on any atom is 0.181 e. The van der Waals surface area contributed by atoms with Gasteiger partial charge in [-0.2, -0.15) is 0 Å². The minimum Gasteiger partial charge on any atom is -1.00 e. The van der Waals surface area contributed by atoms with E-state index in [1.807, 2.05) is 0 Å². The summed E-state index contributed by atoms with van der Waals surface area (Å²) in [5.41, 5.74) is 1.56. The van der Waals surface area contributed by atoms with Crippen molar-refractivity contribution in [2.24, 2.45) is 0 Å². The first-order valence-corrected chi connectivity index (χ1v) is 19.9. The second-order valence-corrected chi connectivity index (χ2v) is 13.7. The first-order chi connectivity index (χ1) is 20.9. The molecule has 0 spiro atoms. The number of unbranched alkanes of at least 4 members (excludes halogenated alkanes) is 30. The number of rotatable bonds is 34. The first-order valence-electron chi connectivity index (χ1n) is 19.9. The zero-order valence-electron chi connectivity index (χ0n) is 29.7. The lowest BCUT2D eigenvalue weighted by Crippen LogP contribution is -3.00. The average molecular weight is 621 g/mol. The number of pyridine rings is 1.